The molecule has 0 aromatic carbocycles. The molecule has 1 aliphatic rings. The van der Waals surface area contributed by atoms with Gasteiger partial charge in [-0.1, -0.05) is 25.7 Å². The van der Waals surface area contributed by atoms with Crippen LogP contribution in [0.25, 0.3) is 0 Å². The second-order valence-corrected chi connectivity index (χ2v) is 4.29. The summed E-state index contributed by atoms with van der Waals surface area (Å²) in [6.07, 6.45) is 10.1. The lowest BCUT2D eigenvalue weighted by atomic mass is 9.85. The molecule has 1 amide bonds. The molecule has 1 saturated carbocycles. The van der Waals surface area contributed by atoms with E-state index in [1.54, 1.807) is 0 Å². The highest BCUT2D eigenvalue weighted by Crippen LogP contribution is 2.37. The van der Waals surface area contributed by atoms with Crippen LogP contribution in [-0.4, -0.2) is 18.5 Å². The summed E-state index contributed by atoms with van der Waals surface area (Å²) >= 11 is 0. The fraction of sp³-hybridized carbons (Fsp3) is 0.750. The number of amides is 1. The van der Waals surface area contributed by atoms with Gasteiger partial charge >= 0.3 is 0 Å². The summed E-state index contributed by atoms with van der Waals surface area (Å²) < 4.78 is 0. The Morgan fingerprint density at radius 1 is 1.60 bits per heavy atom. The number of rotatable bonds is 4. The minimum absolute atomic E-state index is 0.0484. The van der Waals surface area contributed by atoms with Gasteiger partial charge in [0.15, 0.2) is 0 Å². The maximum absolute atomic E-state index is 12.0. The van der Waals surface area contributed by atoms with Crippen LogP contribution in [0, 0.1) is 17.8 Å². The van der Waals surface area contributed by atoms with Crippen LogP contribution in [0.2, 0.25) is 0 Å². The maximum Gasteiger partial charge on any atom is 0.228 e. The van der Waals surface area contributed by atoms with Gasteiger partial charge in [0.2, 0.25) is 5.91 Å². The molecule has 84 valence electrons. The average molecular weight is 208 g/mol. The predicted molar refractivity (Wildman–Crippen MR) is 61.0 cm³/mol. The second-order valence-electron chi connectivity index (χ2n) is 4.29. The summed E-state index contributed by atoms with van der Waals surface area (Å²) in [5.74, 6) is 2.62. The van der Waals surface area contributed by atoms with E-state index < -0.39 is 0 Å². The highest BCUT2D eigenvalue weighted by atomic mass is 16.2. The van der Waals surface area contributed by atoms with Crippen molar-refractivity contribution < 1.29 is 4.79 Å². The van der Waals surface area contributed by atoms with E-state index in [1.807, 2.05) is 6.92 Å². The van der Waals surface area contributed by atoms with Crippen molar-refractivity contribution in [3.63, 3.8) is 0 Å². The van der Waals surface area contributed by atoms with Crippen LogP contribution in [0.3, 0.4) is 0 Å². The maximum atomic E-state index is 12.0. The van der Waals surface area contributed by atoms with Gasteiger partial charge in [0.25, 0.3) is 0 Å². The zero-order chi connectivity index (χ0) is 11.3. The van der Waals surface area contributed by atoms with E-state index in [1.165, 1.54) is 0 Å². The molecule has 1 fully saturated rings. The van der Waals surface area contributed by atoms with Crippen molar-refractivity contribution in [2.45, 2.75) is 45.1 Å². The van der Waals surface area contributed by atoms with Crippen LogP contribution in [0.15, 0.2) is 0 Å². The largest absolute Gasteiger partial charge is 0.342 e. The fourth-order valence-electron chi connectivity index (χ4n) is 2.15. The van der Waals surface area contributed by atoms with Crippen LogP contribution < -0.4 is 11.1 Å². The molecular formula is C12H20N2O. The van der Waals surface area contributed by atoms with Gasteiger partial charge in [0.1, 0.15) is 0 Å². The number of carbonyl (C=O) groups excluding carboxylic acids is 1. The number of hydrogen-bond donors (Lipinski definition) is 2. The van der Waals surface area contributed by atoms with Crippen LogP contribution in [-0.2, 0) is 4.79 Å². The van der Waals surface area contributed by atoms with E-state index in [4.69, 9.17) is 12.2 Å². The molecule has 0 aromatic rings. The third kappa shape index (κ3) is 2.51. The third-order valence-electron chi connectivity index (χ3n) is 3.35. The van der Waals surface area contributed by atoms with Crippen molar-refractivity contribution in [2.75, 3.05) is 6.54 Å². The van der Waals surface area contributed by atoms with E-state index in [2.05, 4.69) is 11.2 Å². The summed E-state index contributed by atoms with van der Waals surface area (Å²) in [7, 11) is 0. The first kappa shape index (κ1) is 12.1. The Kier molecular flexibility index (Phi) is 4.16. The fourth-order valence-corrected chi connectivity index (χ4v) is 2.15. The van der Waals surface area contributed by atoms with Gasteiger partial charge in [-0.15, -0.1) is 6.42 Å². The smallest absolute Gasteiger partial charge is 0.228 e. The first-order valence-corrected chi connectivity index (χ1v) is 5.65. The van der Waals surface area contributed by atoms with Gasteiger partial charge < -0.3 is 11.1 Å². The van der Waals surface area contributed by atoms with Crippen molar-refractivity contribution in [2.24, 2.45) is 11.1 Å². The van der Waals surface area contributed by atoms with Crippen molar-refractivity contribution >= 4 is 5.91 Å². The summed E-state index contributed by atoms with van der Waals surface area (Å²) in [5.41, 5.74) is 5.37. The Bertz CT molecular complexity index is 261. The van der Waals surface area contributed by atoms with Crippen molar-refractivity contribution in [3.8, 4) is 12.3 Å². The van der Waals surface area contributed by atoms with E-state index in [0.29, 0.717) is 6.54 Å². The molecule has 1 aliphatic carbocycles. The highest BCUT2D eigenvalue weighted by molar-refractivity contribution is 5.83. The second kappa shape index (κ2) is 5.18. The summed E-state index contributed by atoms with van der Waals surface area (Å²) in [6, 6.07) is -0.151. The molecule has 1 atom stereocenters. The Balaban J connectivity index is 2.62. The average Bonchev–Trinajstić information content (AvgIpc) is 2.75. The van der Waals surface area contributed by atoms with Crippen molar-refractivity contribution in [1.29, 1.82) is 0 Å². The van der Waals surface area contributed by atoms with E-state index in [0.717, 1.165) is 32.1 Å². The summed E-state index contributed by atoms with van der Waals surface area (Å²) in [4.78, 5) is 12.0. The first-order chi connectivity index (χ1) is 7.18. The molecule has 0 aromatic heterocycles. The molecule has 0 bridgehead atoms. The number of nitrogens with one attached hydrogen (secondary N) is 1. The lowest BCUT2D eigenvalue weighted by Crippen LogP contribution is -2.47. The lowest BCUT2D eigenvalue weighted by Gasteiger charge is -2.27. The van der Waals surface area contributed by atoms with Gasteiger partial charge in [-0.3, -0.25) is 4.79 Å². The molecule has 0 heterocycles. The molecule has 3 nitrogen and oxygen atoms in total. The molecule has 0 saturated heterocycles. The van der Waals surface area contributed by atoms with Gasteiger partial charge in [-0.25, -0.2) is 0 Å². The van der Waals surface area contributed by atoms with Crippen LogP contribution in [0.1, 0.15) is 39.0 Å². The Labute approximate surface area is 91.8 Å². The van der Waals surface area contributed by atoms with E-state index in [-0.39, 0.29) is 17.4 Å². The minimum atomic E-state index is -0.343. The lowest BCUT2D eigenvalue weighted by molar-refractivity contribution is -0.130. The minimum Gasteiger partial charge on any atom is -0.342 e. The van der Waals surface area contributed by atoms with E-state index >= 15 is 0 Å². The predicted octanol–water partition coefficient (Wildman–Crippen LogP) is 1.03. The number of nitrogens with two attached hydrogens (primary N) is 1. The topological polar surface area (TPSA) is 55.1 Å². The zero-order valence-electron chi connectivity index (χ0n) is 9.38. The molecule has 0 radical (unpaired) electrons. The Morgan fingerprint density at radius 3 is 2.60 bits per heavy atom. The molecule has 1 unspecified atom stereocenters. The molecule has 3 heteroatoms. The summed E-state index contributed by atoms with van der Waals surface area (Å²) in [5, 5.41) is 2.90. The summed E-state index contributed by atoms with van der Waals surface area (Å²) in [6.45, 7) is 2.40. The van der Waals surface area contributed by atoms with Crippen LogP contribution >= 0.6 is 0 Å². The monoisotopic (exact) mass is 208 g/mol. The van der Waals surface area contributed by atoms with Crippen molar-refractivity contribution in [1.82, 2.24) is 5.32 Å². The van der Waals surface area contributed by atoms with Gasteiger partial charge in [0, 0.05) is 6.54 Å². The van der Waals surface area contributed by atoms with Gasteiger partial charge in [-0.2, -0.15) is 0 Å². The van der Waals surface area contributed by atoms with Gasteiger partial charge in [-0.05, 0) is 19.3 Å². The molecule has 0 aliphatic heterocycles. The SMILES string of the molecule is C#CC(CC)NC(=O)C1(CN)CCCC1. The Hall–Kier alpha value is -1.01. The molecule has 15 heavy (non-hydrogen) atoms. The van der Waals surface area contributed by atoms with Crippen molar-refractivity contribution in [3.05, 3.63) is 0 Å². The normalized spacial score (nSPS) is 20.6. The Morgan fingerprint density at radius 2 is 2.20 bits per heavy atom. The van der Waals surface area contributed by atoms with E-state index in [9.17, 15) is 4.79 Å². The molecule has 1 rings (SSSR count). The first-order valence-electron chi connectivity index (χ1n) is 5.65. The van der Waals surface area contributed by atoms with Crippen LogP contribution in [0.4, 0.5) is 0 Å². The standard InChI is InChI=1S/C12H20N2O/c1-3-10(4-2)14-11(15)12(9-13)7-5-6-8-12/h1,10H,4-9,13H2,2H3,(H,14,15). The molecule has 0 spiro atoms. The number of terminal acetylenes is 1. The highest BCUT2D eigenvalue weighted by Gasteiger charge is 2.40. The zero-order valence-corrected chi connectivity index (χ0v) is 9.38. The van der Waals surface area contributed by atoms with Gasteiger partial charge in [0.05, 0.1) is 11.5 Å². The quantitative estimate of drug-likeness (QED) is 0.678. The number of carbonyl (C=O) groups is 1. The third-order valence-corrected chi connectivity index (χ3v) is 3.35. The van der Waals surface area contributed by atoms with Crippen LogP contribution in [0.5, 0.6) is 0 Å². The molecular weight excluding hydrogens is 188 g/mol. The molecule has 3 N–H and O–H groups in total. The number of hydrogen-bond acceptors (Lipinski definition) is 2.